The van der Waals surface area contributed by atoms with E-state index in [1.54, 1.807) is 0 Å². The van der Waals surface area contributed by atoms with Gasteiger partial charge < -0.3 is 14.9 Å². The Morgan fingerprint density at radius 2 is 1.86 bits per heavy atom. The number of aliphatic hydroxyl groups excluding tert-OH is 1. The summed E-state index contributed by atoms with van der Waals surface area (Å²) in [4.78, 5) is 24.6. The van der Waals surface area contributed by atoms with Crippen LogP contribution in [-0.2, 0) is 14.3 Å². The normalized spacial score (nSPS) is 36.3. The molecule has 5 heteroatoms. The number of methoxy groups -OCH3 is 1. The first-order valence-electron chi connectivity index (χ1n) is 13.5. The SMILES string of the molecule is C=CC1CC=C2C(=CCC3(C)C(C(CCC(=C)C(C)C)C(=O)O)C(O)CC23C)C1(C)CCC(=O)OC. The summed E-state index contributed by atoms with van der Waals surface area (Å²) < 4.78 is 4.93. The van der Waals surface area contributed by atoms with Gasteiger partial charge in [0.1, 0.15) is 0 Å². The molecule has 7 unspecified atom stereocenters. The number of carbonyl (C=O) groups is 2. The maximum Gasteiger partial charge on any atom is 0.306 e. The first-order chi connectivity index (χ1) is 16.8. The van der Waals surface area contributed by atoms with Crippen molar-refractivity contribution in [3.05, 3.63) is 48.1 Å². The summed E-state index contributed by atoms with van der Waals surface area (Å²) in [7, 11) is 1.42. The molecule has 0 heterocycles. The van der Waals surface area contributed by atoms with E-state index in [0.29, 0.717) is 44.4 Å². The minimum Gasteiger partial charge on any atom is -0.481 e. The molecule has 0 radical (unpaired) electrons. The third kappa shape index (κ3) is 4.53. The van der Waals surface area contributed by atoms with Crippen LogP contribution in [0.25, 0.3) is 0 Å². The molecule has 36 heavy (non-hydrogen) atoms. The van der Waals surface area contributed by atoms with Gasteiger partial charge in [0, 0.05) is 17.8 Å². The summed E-state index contributed by atoms with van der Waals surface area (Å²) in [6, 6.07) is 0. The van der Waals surface area contributed by atoms with Crippen molar-refractivity contribution in [1.29, 1.82) is 0 Å². The van der Waals surface area contributed by atoms with Crippen LogP contribution in [0.5, 0.6) is 0 Å². The second kappa shape index (κ2) is 10.3. The second-order valence-corrected chi connectivity index (χ2v) is 12.4. The number of rotatable bonds is 10. The molecule has 1 saturated carbocycles. The molecule has 200 valence electrons. The van der Waals surface area contributed by atoms with E-state index in [1.165, 1.54) is 18.3 Å². The summed E-state index contributed by atoms with van der Waals surface area (Å²) in [5.74, 6) is -1.53. The van der Waals surface area contributed by atoms with Gasteiger partial charge in [-0.25, -0.2) is 0 Å². The molecular weight excluding hydrogens is 452 g/mol. The van der Waals surface area contributed by atoms with Gasteiger partial charge in [0.15, 0.2) is 0 Å². The Bertz CT molecular complexity index is 973. The van der Waals surface area contributed by atoms with Crippen LogP contribution >= 0.6 is 0 Å². The van der Waals surface area contributed by atoms with E-state index in [4.69, 9.17) is 4.74 Å². The van der Waals surface area contributed by atoms with Crippen molar-refractivity contribution in [1.82, 2.24) is 0 Å². The Hall–Kier alpha value is -2.14. The molecule has 0 aliphatic heterocycles. The van der Waals surface area contributed by atoms with Gasteiger partial charge in [-0.2, -0.15) is 0 Å². The number of fused-ring (bicyclic) bond motifs is 3. The summed E-state index contributed by atoms with van der Waals surface area (Å²) in [5, 5.41) is 21.8. The van der Waals surface area contributed by atoms with Gasteiger partial charge >= 0.3 is 11.9 Å². The second-order valence-electron chi connectivity index (χ2n) is 12.4. The number of carbonyl (C=O) groups excluding carboxylic acids is 1. The minimum absolute atomic E-state index is 0.195. The van der Waals surface area contributed by atoms with Crippen LogP contribution in [0.4, 0.5) is 0 Å². The largest absolute Gasteiger partial charge is 0.481 e. The van der Waals surface area contributed by atoms with E-state index >= 15 is 0 Å². The molecule has 3 aliphatic carbocycles. The first-order valence-corrected chi connectivity index (χ1v) is 13.5. The Balaban J connectivity index is 2.02. The van der Waals surface area contributed by atoms with Gasteiger partial charge in [-0.1, -0.05) is 65.0 Å². The first kappa shape index (κ1) is 28.4. The van der Waals surface area contributed by atoms with E-state index in [0.717, 1.165) is 12.0 Å². The molecule has 0 bridgehead atoms. The maximum absolute atomic E-state index is 12.6. The highest BCUT2D eigenvalue weighted by Gasteiger charge is 2.65. The highest BCUT2D eigenvalue weighted by atomic mass is 16.5. The van der Waals surface area contributed by atoms with Gasteiger partial charge in [-0.05, 0) is 72.3 Å². The molecule has 3 aliphatic rings. The quantitative estimate of drug-likeness (QED) is 0.265. The number of carboxylic acid groups (broad SMARTS) is 1. The third-order valence-electron chi connectivity index (χ3n) is 10.4. The zero-order chi connectivity index (χ0) is 27.1. The van der Waals surface area contributed by atoms with E-state index in [1.807, 2.05) is 6.08 Å². The number of allylic oxidation sites excluding steroid dienone is 6. The average Bonchev–Trinajstić information content (AvgIpc) is 3.03. The number of ether oxygens (including phenoxy) is 1. The van der Waals surface area contributed by atoms with E-state index in [2.05, 4.69) is 59.9 Å². The van der Waals surface area contributed by atoms with Crippen LogP contribution < -0.4 is 0 Å². The number of carboxylic acids is 1. The molecule has 0 aromatic carbocycles. The lowest BCUT2D eigenvalue weighted by molar-refractivity contribution is -0.148. The number of aliphatic carboxylic acids is 1. The molecule has 1 fully saturated rings. The molecule has 0 saturated heterocycles. The highest BCUT2D eigenvalue weighted by molar-refractivity contribution is 5.71. The fraction of sp³-hybridized carbons (Fsp3) is 0.677. The Labute approximate surface area is 217 Å². The fourth-order valence-corrected chi connectivity index (χ4v) is 7.59. The van der Waals surface area contributed by atoms with Crippen LogP contribution in [0.2, 0.25) is 0 Å². The number of aliphatic hydroxyl groups is 1. The van der Waals surface area contributed by atoms with Crippen LogP contribution in [0.15, 0.2) is 48.1 Å². The summed E-state index contributed by atoms with van der Waals surface area (Å²) in [6.07, 6.45) is 10.1. The predicted molar refractivity (Wildman–Crippen MR) is 143 cm³/mol. The van der Waals surface area contributed by atoms with E-state index in [-0.39, 0.29) is 28.6 Å². The van der Waals surface area contributed by atoms with E-state index in [9.17, 15) is 19.8 Å². The van der Waals surface area contributed by atoms with Crippen molar-refractivity contribution in [2.45, 2.75) is 85.7 Å². The van der Waals surface area contributed by atoms with Crippen molar-refractivity contribution in [3.63, 3.8) is 0 Å². The predicted octanol–water partition coefficient (Wildman–Crippen LogP) is 6.49. The van der Waals surface area contributed by atoms with Gasteiger partial charge in [0.25, 0.3) is 0 Å². The topological polar surface area (TPSA) is 83.8 Å². The summed E-state index contributed by atoms with van der Waals surface area (Å²) in [6.45, 7) is 19.0. The lowest BCUT2D eigenvalue weighted by Crippen LogP contribution is -2.48. The third-order valence-corrected chi connectivity index (χ3v) is 10.4. The molecule has 3 rings (SSSR count). The van der Waals surface area contributed by atoms with Crippen LogP contribution in [0, 0.1) is 39.9 Å². The van der Waals surface area contributed by atoms with Crippen LogP contribution in [-0.4, -0.2) is 35.4 Å². The van der Waals surface area contributed by atoms with Gasteiger partial charge in [-0.3, -0.25) is 9.59 Å². The van der Waals surface area contributed by atoms with Gasteiger partial charge in [0.05, 0.1) is 19.1 Å². The zero-order valence-electron chi connectivity index (χ0n) is 23.1. The van der Waals surface area contributed by atoms with Crippen LogP contribution in [0.1, 0.15) is 79.6 Å². The monoisotopic (exact) mass is 498 g/mol. The molecule has 0 aromatic rings. The Morgan fingerprint density at radius 1 is 1.19 bits per heavy atom. The number of hydrogen-bond acceptors (Lipinski definition) is 4. The Kier molecular flexibility index (Phi) is 8.15. The standard InChI is InChI=1S/C31H46O5/c1-9-21-11-13-24-23(29(21,5)16-15-26(33)36-8)14-17-30(6)27(25(32)18-31(24,30)7)22(28(34)35)12-10-20(4)19(2)3/h9,13-14,19,21-22,25,27,32H,1,4,10-12,15-18H2,2-3,5-8H3,(H,34,35). The molecule has 0 spiro atoms. The van der Waals surface area contributed by atoms with Crippen molar-refractivity contribution >= 4 is 11.9 Å². The molecule has 0 aromatic heterocycles. The fourth-order valence-electron chi connectivity index (χ4n) is 7.59. The number of esters is 1. The molecule has 5 nitrogen and oxygen atoms in total. The molecule has 7 atom stereocenters. The highest BCUT2D eigenvalue weighted by Crippen LogP contribution is 2.70. The molecule has 0 amide bonds. The smallest absolute Gasteiger partial charge is 0.306 e. The Morgan fingerprint density at radius 3 is 2.42 bits per heavy atom. The van der Waals surface area contributed by atoms with Crippen LogP contribution in [0.3, 0.4) is 0 Å². The number of hydrogen-bond donors (Lipinski definition) is 2. The van der Waals surface area contributed by atoms with E-state index < -0.39 is 23.4 Å². The average molecular weight is 499 g/mol. The zero-order valence-corrected chi connectivity index (χ0v) is 23.1. The van der Waals surface area contributed by atoms with Gasteiger partial charge in [-0.15, -0.1) is 6.58 Å². The lowest BCUT2D eigenvalue weighted by Gasteiger charge is -2.55. The maximum atomic E-state index is 12.6. The lowest BCUT2D eigenvalue weighted by atomic mass is 9.48. The van der Waals surface area contributed by atoms with Crippen molar-refractivity contribution in [2.75, 3.05) is 7.11 Å². The van der Waals surface area contributed by atoms with Crippen molar-refractivity contribution in [3.8, 4) is 0 Å². The van der Waals surface area contributed by atoms with Crippen molar-refractivity contribution < 1.29 is 24.5 Å². The van der Waals surface area contributed by atoms with Gasteiger partial charge in [0.2, 0.25) is 0 Å². The molecular formula is C31H46O5. The summed E-state index contributed by atoms with van der Waals surface area (Å²) >= 11 is 0. The van der Waals surface area contributed by atoms with Crippen molar-refractivity contribution in [2.24, 2.45) is 39.9 Å². The molecule has 2 N–H and O–H groups in total. The minimum atomic E-state index is -0.830. The summed E-state index contributed by atoms with van der Waals surface area (Å²) in [5.41, 5.74) is 2.49.